The van der Waals surface area contributed by atoms with Crippen molar-refractivity contribution in [3.05, 3.63) is 154 Å². The van der Waals surface area contributed by atoms with Crippen molar-refractivity contribution in [2.45, 2.75) is 45.5 Å². The molecule has 0 spiro atoms. The number of carbonyl (C=O) groups excluding carboxylic acids is 2. The van der Waals surface area contributed by atoms with E-state index in [4.69, 9.17) is 24.1 Å². The molecule has 2 fully saturated rings. The Morgan fingerprint density at radius 2 is 1.17 bits per heavy atom. The number of aliphatic imine (C=N–C) groups is 1. The maximum absolute atomic E-state index is 12.7. The van der Waals surface area contributed by atoms with E-state index >= 15 is 0 Å². The van der Waals surface area contributed by atoms with Crippen LogP contribution in [0.2, 0.25) is 0 Å². The van der Waals surface area contributed by atoms with Crippen LogP contribution in [-0.4, -0.2) is 117 Å². The summed E-state index contributed by atoms with van der Waals surface area (Å²) in [6, 6.07) is 28.9. The highest BCUT2D eigenvalue weighted by molar-refractivity contribution is 5.97. The van der Waals surface area contributed by atoms with E-state index in [9.17, 15) is 19.5 Å². The molecule has 2 N–H and O–H groups in total. The van der Waals surface area contributed by atoms with E-state index in [-0.39, 0.29) is 12.1 Å². The van der Waals surface area contributed by atoms with Gasteiger partial charge in [0.1, 0.15) is 12.1 Å². The summed E-state index contributed by atoms with van der Waals surface area (Å²) in [7, 11) is 1.19. The van der Waals surface area contributed by atoms with E-state index in [0.717, 1.165) is 87.9 Å². The number of rotatable bonds is 12. The van der Waals surface area contributed by atoms with Crippen LogP contribution in [0.3, 0.4) is 0 Å². The van der Waals surface area contributed by atoms with Crippen molar-refractivity contribution in [1.29, 1.82) is 0 Å². The number of methoxy groups -OCH3 is 1. The SMILES string of the molecule is COC(=O)[C@H](CN=C([O-])OC(C)(C)C)NC(=O)c1ccc(C#C/C=C/c2ccc(CN3CCOCC3)cc2)cc1.O=C(O)c1ccc(C#C/C=C/c2ccc(CN3CCOCC3)cc2)cc1. The third-order valence-corrected chi connectivity index (χ3v) is 10.00. The fourth-order valence-electron chi connectivity index (χ4n) is 6.45. The average Bonchev–Trinajstić information content (AvgIpc) is 3.32. The Labute approximate surface area is 387 Å². The summed E-state index contributed by atoms with van der Waals surface area (Å²) in [5.41, 5.74) is 6.12. The number of morpholine rings is 2. The summed E-state index contributed by atoms with van der Waals surface area (Å²) in [5, 5.41) is 23.3. The Balaban J connectivity index is 0.000000270. The molecule has 13 heteroatoms. The summed E-state index contributed by atoms with van der Waals surface area (Å²) in [6.45, 7) is 13.8. The zero-order valence-electron chi connectivity index (χ0n) is 38.0. The van der Waals surface area contributed by atoms with Crippen LogP contribution in [0.5, 0.6) is 0 Å². The molecule has 4 aromatic carbocycles. The minimum atomic E-state index is -1.14. The van der Waals surface area contributed by atoms with Crippen LogP contribution in [0.4, 0.5) is 0 Å². The molecule has 1 amide bonds. The number of allylic oxidation sites excluding steroid dienone is 2. The summed E-state index contributed by atoms with van der Waals surface area (Å²) in [4.78, 5) is 44.1. The molecule has 2 saturated heterocycles. The maximum atomic E-state index is 12.7. The topological polar surface area (TPSA) is 162 Å². The fourth-order valence-corrected chi connectivity index (χ4v) is 6.45. The summed E-state index contributed by atoms with van der Waals surface area (Å²) in [6.07, 6.45) is 6.68. The van der Waals surface area contributed by atoms with Crippen molar-refractivity contribution in [3.8, 4) is 23.7 Å². The van der Waals surface area contributed by atoms with E-state index in [1.807, 2.05) is 18.2 Å². The van der Waals surface area contributed by atoms with Crippen molar-refractivity contribution in [1.82, 2.24) is 15.1 Å². The van der Waals surface area contributed by atoms with Gasteiger partial charge < -0.3 is 34.5 Å². The molecule has 2 aliphatic heterocycles. The molecular formula is C53H57N4O9-. The Bertz CT molecular complexity index is 2400. The van der Waals surface area contributed by atoms with Crippen LogP contribution < -0.4 is 10.4 Å². The van der Waals surface area contributed by atoms with Gasteiger partial charge in [-0.3, -0.25) is 19.6 Å². The van der Waals surface area contributed by atoms with Gasteiger partial charge in [-0.2, -0.15) is 0 Å². The first-order chi connectivity index (χ1) is 31.8. The largest absolute Gasteiger partial charge is 0.595 e. The second-order valence-electron chi connectivity index (χ2n) is 16.3. The maximum Gasteiger partial charge on any atom is 0.335 e. The van der Waals surface area contributed by atoms with E-state index in [2.05, 4.69) is 92.3 Å². The van der Waals surface area contributed by atoms with Crippen LogP contribution in [0.25, 0.3) is 12.2 Å². The zero-order valence-corrected chi connectivity index (χ0v) is 38.0. The first kappa shape index (κ1) is 50.0. The van der Waals surface area contributed by atoms with E-state index in [0.29, 0.717) is 5.56 Å². The second kappa shape index (κ2) is 26.1. The lowest BCUT2D eigenvalue weighted by molar-refractivity contribution is -0.260. The Morgan fingerprint density at radius 1 is 0.727 bits per heavy atom. The number of ether oxygens (including phenoxy) is 4. The van der Waals surface area contributed by atoms with Gasteiger partial charge >= 0.3 is 11.9 Å². The Kier molecular flexibility index (Phi) is 19.8. The molecule has 13 nitrogen and oxygen atoms in total. The minimum Gasteiger partial charge on any atom is -0.595 e. The van der Waals surface area contributed by atoms with Crippen molar-refractivity contribution < 1.29 is 43.5 Å². The van der Waals surface area contributed by atoms with Crippen LogP contribution >= 0.6 is 0 Å². The molecule has 0 saturated carbocycles. The van der Waals surface area contributed by atoms with Gasteiger partial charge in [-0.15, -0.1) is 0 Å². The van der Waals surface area contributed by atoms with Gasteiger partial charge in [-0.1, -0.05) is 93.0 Å². The quantitative estimate of drug-likeness (QED) is 0.0781. The first-order valence-electron chi connectivity index (χ1n) is 21.7. The van der Waals surface area contributed by atoms with Crippen LogP contribution in [0, 0.1) is 23.7 Å². The molecule has 66 heavy (non-hydrogen) atoms. The second-order valence-corrected chi connectivity index (χ2v) is 16.3. The lowest BCUT2D eigenvalue weighted by Gasteiger charge is -2.29. The zero-order chi connectivity index (χ0) is 47.2. The van der Waals surface area contributed by atoms with Gasteiger partial charge in [0.05, 0.1) is 45.6 Å². The number of nitrogens with one attached hydrogen (secondary N) is 1. The van der Waals surface area contributed by atoms with Gasteiger partial charge in [0.2, 0.25) is 0 Å². The van der Waals surface area contributed by atoms with Gasteiger partial charge in [-0.25, -0.2) is 9.59 Å². The van der Waals surface area contributed by atoms with Gasteiger partial charge in [0.25, 0.3) is 5.91 Å². The number of nitrogens with zero attached hydrogens (tertiary/aromatic N) is 3. The smallest absolute Gasteiger partial charge is 0.335 e. The number of amides is 1. The highest BCUT2D eigenvalue weighted by Gasteiger charge is 2.22. The molecule has 4 aromatic rings. The van der Waals surface area contributed by atoms with Crippen molar-refractivity contribution in [2.75, 3.05) is 66.3 Å². The van der Waals surface area contributed by atoms with Crippen LogP contribution in [-0.2, 0) is 36.8 Å². The Morgan fingerprint density at radius 3 is 1.58 bits per heavy atom. The molecule has 0 radical (unpaired) electrons. The fraction of sp³-hybridized carbons (Fsp3) is 0.321. The first-order valence-corrected chi connectivity index (χ1v) is 21.7. The molecule has 0 unspecified atom stereocenters. The number of carboxylic acid groups (broad SMARTS) is 1. The highest BCUT2D eigenvalue weighted by Crippen LogP contribution is 2.13. The van der Waals surface area contributed by atoms with Gasteiger partial charge in [0.15, 0.2) is 0 Å². The van der Waals surface area contributed by atoms with Crippen LogP contribution in [0.15, 0.2) is 114 Å². The van der Waals surface area contributed by atoms with Crippen molar-refractivity contribution >= 4 is 36.1 Å². The number of carboxylic acids is 1. The number of benzene rings is 4. The normalized spacial score (nSPS) is 15.0. The number of hydrogen-bond acceptors (Lipinski definition) is 11. The molecule has 6 rings (SSSR count). The number of aromatic carboxylic acids is 1. The predicted octanol–water partition coefficient (Wildman–Crippen LogP) is 5.67. The lowest BCUT2D eigenvalue weighted by Crippen LogP contribution is -2.44. The van der Waals surface area contributed by atoms with Gasteiger partial charge in [0, 0.05) is 61.6 Å². The number of carbonyl (C=O) groups is 3. The predicted molar refractivity (Wildman–Crippen MR) is 253 cm³/mol. The minimum absolute atomic E-state index is 0.267. The molecule has 0 bridgehead atoms. The lowest BCUT2D eigenvalue weighted by atomic mass is 10.1. The third-order valence-electron chi connectivity index (χ3n) is 10.00. The molecule has 2 heterocycles. The Hall–Kier alpha value is -7.00. The summed E-state index contributed by atoms with van der Waals surface area (Å²) in [5.74, 6) is 9.86. The van der Waals surface area contributed by atoms with E-state index in [1.165, 1.54) is 18.2 Å². The number of esters is 1. The molecule has 0 aromatic heterocycles. The van der Waals surface area contributed by atoms with E-state index < -0.39 is 35.6 Å². The van der Waals surface area contributed by atoms with Gasteiger partial charge in [-0.05, 0) is 95.1 Å². The number of hydrogen-bond donors (Lipinski definition) is 2. The summed E-state index contributed by atoms with van der Waals surface area (Å²) >= 11 is 0. The molecule has 344 valence electrons. The van der Waals surface area contributed by atoms with Crippen LogP contribution in [0.1, 0.15) is 74.9 Å². The highest BCUT2D eigenvalue weighted by atomic mass is 16.6. The third kappa shape index (κ3) is 18.2. The average molecular weight is 894 g/mol. The molecule has 1 atom stereocenters. The van der Waals surface area contributed by atoms with Crippen molar-refractivity contribution in [3.63, 3.8) is 0 Å². The molecular weight excluding hydrogens is 837 g/mol. The molecule has 2 aliphatic rings. The van der Waals surface area contributed by atoms with E-state index in [1.54, 1.807) is 75.4 Å². The summed E-state index contributed by atoms with van der Waals surface area (Å²) < 4.78 is 20.6. The van der Waals surface area contributed by atoms with Crippen molar-refractivity contribution in [2.24, 2.45) is 4.99 Å². The molecule has 0 aliphatic carbocycles. The standard InChI is InChI=1S/C31H37N3O6.C22H21NO3/c1-31(2,3)40-30(37)32-21-27(29(36)38-4)33-28(35)26-15-13-24(14-16-26)8-6-5-7-23-9-11-25(12-10-23)22-34-17-19-39-20-18-34;24-22(25)21-11-9-19(10-12-21)4-2-1-3-18-5-7-20(8-6-18)17-23-13-15-26-16-14-23/h5,7,9-16,27H,17-22H2,1-4H3,(H,32,37)(H,33,35);1,3,5-12H,13-17H2,(H,24,25)/p-1/b7-5+;3-1+/t27-;/m0./s1. The monoisotopic (exact) mass is 893 g/mol.